The Hall–Kier alpha value is -0.300. The van der Waals surface area contributed by atoms with E-state index < -0.39 is 6.10 Å². The average Bonchev–Trinajstić information content (AvgIpc) is 2.37. The van der Waals surface area contributed by atoms with Crippen molar-refractivity contribution in [1.82, 2.24) is 0 Å². The molecule has 1 N–H and O–H groups in total. The van der Waals surface area contributed by atoms with Crippen LogP contribution >= 0.6 is 0 Å². The predicted octanol–water partition coefficient (Wildman–Crippen LogP) is 0.939. The molecule has 0 bridgehead atoms. The fraction of sp³-hybridized carbons (Fsp3) is 0.125. The number of aliphatic hydroxyl groups is 1. The van der Waals surface area contributed by atoms with Gasteiger partial charge in [-0.05, 0) is 25.7 Å². The Bertz CT molecular complexity index is 92.7. The lowest BCUT2D eigenvalue weighted by atomic mass is 10.0. The number of aliphatic hydroxyl groups excluding tert-OH is 1. The Morgan fingerprint density at radius 3 is 2.44 bits per heavy atom. The second-order valence-corrected chi connectivity index (χ2v) is 1.90. The van der Waals surface area contributed by atoms with Gasteiger partial charge in [0.1, 0.15) is 0 Å². The molecule has 0 aromatic rings. The van der Waals surface area contributed by atoms with Gasteiger partial charge in [0.2, 0.25) is 0 Å². The summed E-state index contributed by atoms with van der Waals surface area (Å²) < 4.78 is 0. The van der Waals surface area contributed by atoms with Crippen molar-refractivity contribution >= 4 is 0 Å². The number of hydrogen-bond donors (Lipinski definition) is 1. The molecule has 0 spiro atoms. The van der Waals surface area contributed by atoms with Crippen LogP contribution in [0.15, 0.2) is 12.7 Å². The molecule has 1 aliphatic rings. The summed E-state index contributed by atoms with van der Waals surface area (Å²) in [7, 11) is 0. The monoisotopic (exact) mass is 121 g/mol. The third-order valence-corrected chi connectivity index (χ3v) is 1.25. The van der Waals surface area contributed by atoms with Crippen molar-refractivity contribution in [2.24, 2.45) is 0 Å². The first-order chi connectivity index (χ1) is 4.34. The average molecular weight is 121 g/mol. The summed E-state index contributed by atoms with van der Waals surface area (Å²) in [6, 6.07) is 0. The van der Waals surface area contributed by atoms with Crippen molar-refractivity contribution in [3.05, 3.63) is 44.3 Å². The summed E-state index contributed by atoms with van der Waals surface area (Å²) in [5, 5.41) is 9.10. The van der Waals surface area contributed by atoms with Crippen LogP contribution in [0.25, 0.3) is 0 Å². The van der Waals surface area contributed by atoms with E-state index in [1.165, 1.54) is 6.08 Å². The molecule has 47 valence electrons. The molecule has 1 fully saturated rings. The van der Waals surface area contributed by atoms with E-state index in [0.717, 1.165) is 5.92 Å². The summed E-state index contributed by atoms with van der Waals surface area (Å²) in [6.07, 6.45) is 8.53. The van der Waals surface area contributed by atoms with Gasteiger partial charge in [-0.15, -0.1) is 6.58 Å². The predicted molar refractivity (Wildman–Crippen MR) is 36.6 cm³/mol. The fourth-order valence-electron chi connectivity index (χ4n) is 0.722. The van der Waals surface area contributed by atoms with E-state index in [4.69, 9.17) is 5.11 Å². The maximum atomic E-state index is 9.10. The minimum Gasteiger partial charge on any atom is -0.388 e. The smallest absolute Gasteiger partial charge is 0.0786 e. The van der Waals surface area contributed by atoms with E-state index in [2.05, 4.69) is 6.58 Å². The zero-order valence-electron chi connectivity index (χ0n) is 5.12. The minimum absolute atomic E-state index is 0.500. The van der Waals surface area contributed by atoms with E-state index in [1.807, 2.05) is 25.7 Å². The van der Waals surface area contributed by atoms with Crippen LogP contribution in [0.5, 0.6) is 0 Å². The highest BCUT2D eigenvalue weighted by Crippen LogP contribution is 2.26. The van der Waals surface area contributed by atoms with Crippen molar-refractivity contribution in [3.63, 3.8) is 0 Å². The van der Waals surface area contributed by atoms with Crippen LogP contribution in [0.3, 0.4) is 0 Å². The number of rotatable bonds is 2. The lowest BCUT2D eigenvalue weighted by Gasteiger charge is -2.10. The summed E-state index contributed by atoms with van der Waals surface area (Å²) in [5.74, 6) is 0.907. The molecule has 0 amide bonds. The lowest BCUT2D eigenvalue weighted by Crippen LogP contribution is -2.12. The standard InChI is InChI=1S/C8H9O/c1-2-8(9)7-5-3-4-6-7/h2-6,8-9H,1H2. The molecule has 1 heteroatoms. The molecule has 1 atom stereocenters. The number of hydrogen-bond acceptors (Lipinski definition) is 1. The normalized spacial score (nSPS) is 24.1. The van der Waals surface area contributed by atoms with Crippen molar-refractivity contribution in [2.45, 2.75) is 6.10 Å². The summed E-state index contributed by atoms with van der Waals surface area (Å²) >= 11 is 0. The van der Waals surface area contributed by atoms with Gasteiger partial charge >= 0.3 is 0 Å². The minimum atomic E-state index is -0.500. The van der Waals surface area contributed by atoms with E-state index >= 15 is 0 Å². The van der Waals surface area contributed by atoms with Crippen molar-refractivity contribution in [1.29, 1.82) is 0 Å². The van der Waals surface area contributed by atoms with Gasteiger partial charge < -0.3 is 5.11 Å². The quantitative estimate of drug-likeness (QED) is 0.539. The Kier molecular flexibility index (Phi) is 2.29. The van der Waals surface area contributed by atoms with Crippen LogP contribution in [0, 0.1) is 31.6 Å². The maximum Gasteiger partial charge on any atom is 0.0786 e. The van der Waals surface area contributed by atoms with Crippen LogP contribution in [-0.4, -0.2) is 11.2 Å². The Balaban J connectivity index is 2.32. The molecule has 0 aromatic heterocycles. The van der Waals surface area contributed by atoms with Crippen LogP contribution in [0.2, 0.25) is 0 Å². The molecule has 1 nitrogen and oxygen atoms in total. The van der Waals surface area contributed by atoms with E-state index in [0.29, 0.717) is 0 Å². The van der Waals surface area contributed by atoms with E-state index in [1.54, 1.807) is 0 Å². The molecule has 1 saturated carbocycles. The van der Waals surface area contributed by atoms with Crippen LogP contribution in [0.4, 0.5) is 0 Å². The molecule has 0 aromatic carbocycles. The summed E-state index contributed by atoms with van der Waals surface area (Å²) in [5.41, 5.74) is 0. The molecular formula is C8H9O. The molecule has 1 rings (SSSR count). The highest BCUT2D eigenvalue weighted by molar-refractivity contribution is 5.39. The van der Waals surface area contributed by atoms with Gasteiger partial charge in [0.15, 0.2) is 0 Å². The summed E-state index contributed by atoms with van der Waals surface area (Å²) in [4.78, 5) is 0. The van der Waals surface area contributed by atoms with Gasteiger partial charge in [0.25, 0.3) is 0 Å². The molecule has 9 heavy (non-hydrogen) atoms. The first-order valence-corrected chi connectivity index (χ1v) is 2.87. The molecule has 0 aliphatic heterocycles. The van der Waals surface area contributed by atoms with Crippen molar-refractivity contribution in [3.8, 4) is 0 Å². The Morgan fingerprint density at radius 2 is 2.00 bits per heavy atom. The molecular weight excluding hydrogens is 112 g/mol. The lowest BCUT2D eigenvalue weighted by molar-refractivity contribution is 0.245. The molecule has 0 saturated heterocycles. The second-order valence-electron chi connectivity index (χ2n) is 1.90. The maximum absolute atomic E-state index is 9.10. The van der Waals surface area contributed by atoms with Crippen LogP contribution in [0.1, 0.15) is 0 Å². The third-order valence-electron chi connectivity index (χ3n) is 1.25. The fourth-order valence-corrected chi connectivity index (χ4v) is 0.722. The molecule has 1 aliphatic carbocycles. The van der Waals surface area contributed by atoms with Gasteiger partial charge in [-0.3, -0.25) is 0 Å². The van der Waals surface area contributed by atoms with Gasteiger partial charge in [-0.2, -0.15) is 0 Å². The van der Waals surface area contributed by atoms with Gasteiger partial charge in [-0.1, -0.05) is 6.08 Å². The topological polar surface area (TPSA) is 20.2 Å². The van der Waals surface area contributed by atoms with Gasteiger partial charge in [0, 0.05) is 5.92 Å². The van der Waals surface area contributed by atoms with E-state index in [9.17, 15) is 0 Å². The van der Waals surface area contributed by atoms with E-state index in [-0.39, 0.29) is 0 Å². The van der Waals surface area contributed by atoms with Gasteiger partial charge in [0.05, 0.1) is 6.10 Å². The Labute approximate surface area is 56.4 Å². The largest absolute Gasteiger partial charge is 0.388 e. The zero-order chi connectivity index (χ0) is 6.69. The zero-order valence-corrected chi connectivity index (χ0v) is 5.12. The summed E-state index contributed by atoms with van der Waals surface area (Å²) in [6.45, 7) is 3.47. The molecule has 1 unspecified atom stereocenters. The SMILES string of the molecule is C=CC(O)[C]1[CH][CH][CH][CH]1. The van der Waals surface area contributed by atoms with Crippen molar-refractivity contribution < 1.29 is 5.11 Å². The first kappa shape index (κ1) is 6.81. The van der Waals surface area contributed by atoms with Gasteiger partial charge in [-0.25, -0.2) is 0 Å². The Morgan fingerprint density at radius 1 is 1.44 bits per heavy atom. The highest BCUT2D eigenvalue weighted by atomic mass is 16.3. The van der Waals surface area contributed by atoms with Crippen LogP contribution in [-0.2, 0) is 0 Å². The molecule has 5 radical (unpaired) electrons. The van der Waals surface area contributed by atoms with Crippen molar-refractivity contribution in [2.75, 3.05) is 0 Å². The first-order valence-electron chi connectivity index (χ1n) is 2.87. The molecule has 0 heterocycles. The second kappa shape index (κ2) is 3.02. The third kappa shape index (κ3) is 1.55. The van der Waals surface area contributed by atoms with Crippen LogP contribution < -0.4 is 0 Å². The highest BCUT2D eigenvalue weighted by Gasteiger charge is 2.21.